The molecule has 1 heterocycles. The second-order valence-corrected chi connectivity index (χ2v) is 5.06. The minimum Gasteiger partial charge on any atom is -0.377 e. The van der Waals surface area contributed by atoms with Gasteiger partial charge in [0.05, 0.1) is 24.6 Å². The molecule has 20 heavy (non-hydrogen) atoms. The number of rotatable bonds is 7. The van der Waals surface area contributed by atoms with Crippen molar-refractivity contribution in [1.29, 1.82) is 0 Å². The number of imidazole rings is 1. The summed E-state index contributed by atoms with van der Waals surface area (Å²) in [6.07, 6.45) is 2.22. The van der Waals surface area contributed by atoms with Gasteiger partial charge in [-0.3, -0.25) is 4.57 Å². The topological polar surface area (TPSA) is 39.1 Å². The van der Waals surface area contributed by atoms with Crippen LogP contribution < -0.4 is 5.32 Å². The van der Waals surface area contributed by atoms with E-state index in [1.807, 2.05) is 45.2 Å². The first-order chi connectivity index (χ1) is 9.68. The molecule has 0 fully saturated rings. The molecular formula is C16H23N3O. The molecule has 0 aliphatic rings. The molecule has 0 spiro atoms. The van der Waals surface area contributed by atoms with Gasteiger partial charge in [-0.15, -0.1) is 0 Å². The van der Waals surface area contributed by atoms with Crippen LogP contribution in [-0.4, -0.2) is 28.8 Å². The first-order valence-electron chi connectivity index (χ1n) is 7.09. The maximum Gasteiger partial charge on any atom is 0.110 e. The van der Waals surface area contributed by atoms with E-state index in [0.717, 1.165) is 31.2 Å². The molecule has 0 aliphatic heterocycles. The molecule has 0 atom stereocenters. The van der Waals surface area contributed by atoms with Gasteiger partial charge in [-0.1, -0.05) is 18.2 Å². The third-order valence-electron chi connectivity index (χ3n) is 3.06. The molecule has 0 aliphatic carbocycles. The molecule has 0 unspecified atom stereocenters. The quantitative estimate of drug-likeness (QED) is 0.788. The highest BCUT2D eigenvalue weighted by molar-refractivity contribution is 5.35. The maximum absolute atomic E-state index is 5.51. The monoisotopic (exact) mass is 273 g/mol. The lowest BCUT2D eigenvalue weighted by Crippen LogP contribution is -2.22. The molecule has 108 valence electrons. The van der Waals surface area contributed by atoms with Crippen molar-refractivity contribution in [3.05, 3.63) is 48.0 Å². The van der Waals surface area contributed by atoms with Crippen molar-refractivity contribution in [1.82, 2.24) is 14.9 Å². The number of hydrogen-bond acceptors (Lipinski definition) is 3. The normalized spacial score (nSPS) is 11.2. The van der Waals surface area contributed by atoms with E-state index in [1.54, 1.807) is 0 Å². The maximum atomic E-state index is 5.51. The first-order valence-corrected chi connectivity index (χ1v) is 7.09. The van der Waals surface area contributed by atoms with Crippen molar-refractivity contribution in [3.8, 4) is 5.69 Å². The molecule has 1 aromatic heterocycles. The number of hydrogen-bond donors (Lipinski definition) is 1. The average Bonchev–Trinajstić information content (AvgIpc) is 2.80. The summed E-state index contributed by atoms with van der Waals surface area (Å²) in [4.78, 5) is 4.41. The number of aryl methyl sites for hydroxylation is 1. The van der Waals surface area contributed by atoms with E-state index >= 15 is 0 Å². The fraction of sp³-hybridized carbons (Fsp3) is 0.438. The van der Waals surface area contributed by atoms with Crippen LogP contribution in [0.5, 0.6) is 0 Å². The predicted octanol–water partition coefficient (Wildman–Crippen LogP) is 2.70. The summed E-state index contributed by atoms with van der Waals surface area (Å²) in [6.45, 7) is 8.49. The number of aromatic nitrogens is 2. The fourth-order valence-corrected chi connectivity index (χ4v) is 2.13. The van der Waals surface area contributed by atoms with Crippen LogP contribution in [0.15, 0.2) is 36.5 Å². The van der Waals surface area contributed by atoms with Gasteiger partial charge in [-0.25, -0.2) is 4.98 Å². The first kappa shape index (κ1) is 14.8. The van der Waals surface area contributed by atoms with Crippen LogP contribution in [0.4, 0.5) is 0 Å². The molecule has 1 N–H and O–H groups in total. The van der Waals surface area contributed by atoms with Gasteiger partial charge in [-0.2, -0.15) is 0 Å². The standard InChI is InChI=1S/C16H23N3O/c1-13(2)20-10-9-17-11-16-12-18-14(3)19(16)15-7-5-4-6-8-15/h4-8,12-13,17H,9-11H2,1-3H3. The lowest BCUT2D eigenvalue weighted by Gasteiger charge is -2.12. The third-order valence-corrected chi connectivity index (χ3v) is 3.06. The summed E-state index contributed by atoms with van der Waals surface area (Å²) in [5.74, 6) is 1.01. The molecule has 0 saturated carbocycles. The Labute approximate surface area is 120 Å². The van der Waals surface area contributed by atoms with Gasteiger partial charge < -0.3 is 10.1 Å². The summed E-state index contributed by atoms with van der Waals surface area (Å²) in [5, 5.41) is 3.39. The number of nitrogens with zero attached hydrogens (tertiary/aromatic N) is 2. The van der Waals surface area contributed by atoms with E-state index in [4.69, 9.17) is 4.74 Å². The molecule has 4 heteroatoms. The smallest absolute Gasteiger partial charge is 0.110 e. The summed E-state index contributed by atoms with van der Waals surface area (Å²) in [5.41, 5.74) is 2.32. The zero-order valence-electron chi connectivity index (χ0n) is 12.5. The number of para-hydroxylation sites is 1. The van der Waals surface area contributed by atoms with Gasteiger partial charge in [-0.05, 0) is 32.9 Å². The van der Waals surface area contributed by atoms with Crippen LogP contribution in [0.1, 0.15) is 25.4 Å². The number of benzene rings is 1. The highest BCUT2D eigenvalue weighted by atomic mass is 16.5. The zero-order chi connectivity index (χ0) is 14.4. The van der Waals surface area contributed by atoms with Crippen molar-refractivity contribution in [2.75, 3.05) is 13.2 Å². The van der Waals surface area contributed by atoms with E-state index in [0.29, 0.717) is 0 Å². The van der Waals surface area contributed by atoms with E-state index in [9.17, 15) is 0 Å². The predicted molar refractivity (Wildman–Crippen MR) is 81.1 cm³/mol. The summed E-state index contributed by atoms with van der Waals surface area (Å²) >= 11 is 0. The van der Waals surface area contributed by atoms with Crippen molar-refractivity contribution in [2.24, 2.45) is 0 Å². The summed E-state index contributed by atoms with van der Waals surface area (Å²) in [7, 11) is 0. The molecule has 2 rings (SSSR count). The second kappa shape index (κ2) is 7.22. The van der Waals surface area contributed by atoms with Gasteiger partial charge in [0.25, 0.3) is 0 Å². The van der Waals surface area contributed by atoms with Crippen molar-refractivity contribution < 1.29 is 4.74 Å². The van der Waals surface area contributed by atoms with E-state index < -0.39 is 0 Å². The van der Waals surface area contributed by atoms with E-state index in [1.165, 1.54) is 5.69 Å². The Hall–Kier alpha value is -1.65. The van der Waals surface area contributed by atoms with Crippen LogP contribution in [0, 0.1) is 6.92 Å². The van der Waals surface area contributed by atoms with Crippen molar-refractivity contribution >= 4 is 0 Å². The largest absolute Gasteiger partial charge is 0.377 e. The molecule has 4 nitrogen and oxygen atoms in total. The zero-order valence-corrected chi connectivity index (χ0v) is 12.5. The molecule has 0 bridgehead atoms. The summed E-state index contributed by atoms with van der Waals surface area (Å²) in [6, 6.07) is 10.3. The molecule has 0 saturated heterocycles. The third kappa shape index (κ3) is 3.92. The van der Waals surface area contributed by atoms with Crippen LogP contribution in [0.3, 0.4) is 0 Å². The summed E-state index contributed by atoms with van der Waals surface area (Å²) < 4.78 is 7.69. The Bertz CT molecular complexity index is 520. The van der Waals surface area contributed by atoms with Gasteiger partial charge in [0.1, 0.15) is 5.82 Å². The van der Waals surface area contributed by atoms with Crippen molar-refractivity contribution in [2.45, 2.75) is 33.4 Å². The van der Waals surface area contributed by atoms with E-state index in [2.05, 4.69) is 27.0 Å². The molecule has 0 radical (unpaired) electrons. The minimum atomic E-state index is 0.286. The van der Waals surface area contributed by atoms with Crippen molar-refractivity contribution in [3.63, 3.8) is 0 Å². The highest BCUT2D eigenvalue weighted by Crippen LogP contribution is 2.14. The SMILES string of the molecule is Cc1ncc(CNCCOC(C)C)n1-c1ccccc1. The van der Waals surface area contributed by atoms with Gasteiger partial charge >= 0.3 is 0 Å². The minimum absolute atomic E-state index is 0.286. The van der Waals surface area contributed by atoms with Crippen LogP contribution >= 0.6 is 0 Å². The Kier molecular flexibility index (Phi) is 5.32. The lowest BCUT2D eigenvalue weighted by molar-refractivity contribution is 0.0806. The Morgan fingerprint density at radius 2 is 2.00 bits per heavy atom. The number of nitrogens with one attached hydrogen (secondary N) is 1. The average molecular weight is 273 g/mol. The Balaban J connectivity index is 1.96. The van der Waals surface area contributed by atoms with Gasteiger partial charge in [0, 0.05) is 18.8 Å². The number of ether oxygens (including phenoxy) is 1. The Morgan fingerprint density at radius 1 is 1.25 bits per heavy atom. The Morgan fingerprint density at radius 3 is 2.70 bits per heavy atom. The molecule has 0 amide bonds. The second-order valence-electron chi connectivity index (χ2n) is 5.06. The van der Waals surface area contributed by atoms with Crippen LogP contribution in [0.25, 0.3) is 5.69 Å². The highest BCUT2D eigenvalue weighted by Gasteiger charge is 2.07. The molecular weight excluding hydrogens is 250 g/mol. The lowest BCUT2D eigenvalue weighted by atomic mass is 10.3. The molecule has 2 aromatic rings. The fourth-order valence-electron chi connectivity index (χ4n) is 2.13. The molecule has 1 aromatic carbocycles. The van der Waals surface area contributed by atoms with Crippen LogP contribution in [0.2, 0.25) is 0 Å². The van der Waals surface area contributed by atoms with Gasteiger partial charge in [0.2, 0.25) is 0 Å². The van der Waals surface area contributed by atoms with E-state index in [-0.39, 0.29) is 6.10 Å². The van der Waals surface area contributed by atoms with Gasteiger partial charge in [0.15, 0.2) is 0 Å². The van der Waals surface area contributed by atoms with Crippen LogP contribution in [-0.2, 0) is 11.3 Å².